The fourth-order valence-corrected chi connectivity index (χ4v) is 4.79. The number of likely N-dealkylation sites (tertiary alicyclic amines) is 1. The molecular weight excluding hydrogens is 404 g/mol. The van der Waals surface area contributed by atoms with Crippen molar-refractivity contribution < 1.29 is 0 Å². The molecule has 4 heteroatoms. The number of aromatic nitrogens is 2. The maximum Gasteiger partial charge on any atom is 0.148 e. The van der Waals surface area contributed by atoms with E-state index in [0.29, 0.717) is 0 Å². The molecule has 4 nitrogen and oxygen atoms in total. The molecule has 3 aromatic rings. The molecule has 0 aliphatic carbocycles. The van der Waals surface area contributed by atoms with Gasteiger partial charge in [-0.15, -0.1) is 10.2 Å². The second kappa shape index (κ2) is 12.5. The van der Waals surface area contributed by atoms with Crippen LogP contribution in [0.25, 0.3) is 11.3 Å². The minimum Gasteiger partial charge on any atom is -0.369 e. The topological polar surface area (TPSA) is 41.0 Å². The first-order valence-electron chi connectivity index (χ1n) is 12.7. The first-order valence-corrected chi connectivity index (χ1v) is 12.7. The zero-order chi connectivity index (χ0) is 22.7. The minimum atomic E-state index is 0.796. The summed E-state index contributed by atoms with van der Waals surface area (Å²) < 4.78 is 0. The number of benzene rings is 2. The van der Waals surface area contributed by atoms with Crippen molar-refractivity contribution in [3.05, 3.63) is 77.9 Å². The van der Waals surface area contributed by atoms with Gasteiger partial charge in [0.05, 0.1) is 5.69 Å². The van der Waals surface area contributed by atoms with Gasteiger partial charge in [0.15, 0.2) is 0 Å². The summed E-state index contributed by atoms with van der Waals surface area (Å²) in [6, 6.07) is 23.5. The van der Waals surface area contributed by atoms with Crippen molar-refractivity contribution in [2.24, 2.45) is 5.92 Å². The molecule has 1 aromatic heterocycles. The number of nitrogens with zero attached hydrogens (tertiary/aromatic N) is 3. The smallest absolute Gasteiger partial charge is 0.148 e. The Bertz CT molecular complexity index is 950. The quantitative estimate of drug-likeness (QED) is 0.340. The Morgan fingerprint density at radius 2 is 1.64 bits per heavy atom. The third kappa shape index (κ3) is 7.13. The Balaban J connectivity index is 1.27. The van der Waals surface area contributed by atoms with Crippen molar-refractivity contribution in [3.8, 4) is 11.3 Å². The van der Waals surface area contributed by atoms with E-state index in [2.05, 4.69) is 94.1 Å². The summed E-state index contributed by atoms with van der Waals surface area (Å²) in [7, 11) is 0. The zero-order valence-corrected chi connectivity index (χ0v) is 20.0. The van der Waals surface area contributed by atoms with Crippen LogP contribution >= 0.6 is 0 Å². The molecule has 0 radical (unpaired) electrons. The first-order chi connectivity index (χ1) is 16.3. The number of hydrogen-bond acceptors (Lipinski definition) is 4. The van der Waals surface area contributed by atoms with Crippen LogP contribution in [0, 0.1) is 5.92 Å². The Morgan fingerprint density at radius 3 is 2.36 bits per heavy atom. The Morgan fingerprint density at radius 1 is 0.909 bits per heavy atom. The molecule has 0 unspecified atom stereocenters. The average Bonchev–Trinajstić information content (AvgIpc) is 2.87. The molecule has 2 aromatic carbocycles. The normalized spacial score (nSPS) is 14.9. The van der Waals surface area contributed by atoms with Gasteiger partial charge in [0, 0.05) is 18.7 Å². The van der Waals surface area contributed by atoms with Crippen molar-refractivity contribution in [3.63, 3.8) is 0 Å². The van der Waals surface area contributed by atoms with E-state index in [-0.39, 0.29) is 0 Å². The van der Waals surface area contributed by atoms with E-state index >= 15 is 0 Å². The number of hydrogen-bond donors (Lipinski definition) is 1. The van der Waals surface area contributed by atoms with Gasteiger partial charge < -0.3 is 5.32 Å². The maximum atomic E-state index is 4.62. The monoisotopic (exact) mass is 442 g/mol. The molecule has 1 aliphatic rings. The number of nitrogens with one attached hydrogen (secondary N) is 1. The highest BCUT2D eigenvalue weighted by molar-refractivity contribution is 5.64. The molecule has 1 saturated heterocycles. The lowest BCUT2D eigenvalue weighted by molar-refractivity contribution is 0.174. The summed E-state index contributed by atoms with van der Waals surface area (Å²) in [4.78, 5) is 2.59. The number of unbranched alkanes of at least 4 members (excludes halogenated alkanes) is 2. The van der Waals surface area contributed by atoms with Crippen molar-refractivity contribution in [2.75, 3.05) is 25.0 Å². The van der Waals surface area contributed by atoms with Gasteiger partial charge in [0.2, 0.25) is 0 Å². The van der Waals surface area contributed by atoms with E-state index in [9.17, 15) is 0 Å². The lowest BCUT2D eigenvalue weighted by atomic mass is 9.93. The van der Waals surface area contributed by atoms with Crippen LogP contribution < -0.4 is 5.32 Å². The van der Waals surface area contributed by atoms with E-state index < -0.39 is 0 Å². The Hall–Kier alpha value is -2.72. The van der Waals surface area contributed by atoms with Crippen LogP contribution in [0.15, 0.2) is 66.7 Å². The van der Waals surface area contributed by atoms with Crippen LogP contribution in [-0.2, 0) is 13.0 Å². The molecule has 0 saturated carbocycles. The third-order valence-corrected chi connectivity index (χ3v) is 6.78. The molecule has 4 rings (SSSR count). The molecule has 2 heterocycles. The van der Waals surface area contributed by atoms with E-state index in [4.69, 9.17) is 0 Å². The molecule has 0 spiro atoms. The zero-order valence-electron chi connectivity index (χ0n) is 20.0. The highest BCUT2D eigenvalue weighted by atomic mass is 15.2. The SMILES string of the molecule is CCCCCc1cc(NCCC2CCN(Cc3ccccc3)CC2)nnc1-c1ccccc1. The molecule has 0 amide bonds. The summed E-state index contributed by atoms with van der Waals surface area (Å²) in [5, 5.41) is 12.7. The van der Waals surface area contributed by atoms with Crippen LogP contribution in [0.2, 0.25) is 0 Å². The van der Waals surface area contributed by atoms with Crippen LogP contribution in [-0.4, -0.2) is 34.7 Å². The van der Waals surface area contributed by atoms with E-state index in [1.54, 1.807) is 0 Å². The largest absolute Gasteiger partial charge is 0.369 e. The number of rotatable bonds is 11. The molecule has 1 fully saturated rings. The summed E-state index contributed by atoms with van der Waals surface area (Å²) >= 11 is 0. The van der Waals surface area contributed by atoms with Gasteiger partial charge in [-0.05, 0) is 68.3 Å². The van der Waals surface area contributed by atoms with Gasteiger partial charge in [-0.3, -0.25) is 4.90 Å². The van der Waals surface area contributed by atoms with Gasteiger partial charge in [-0.2, -0.15) is 0 Å². The van der Waals surface area contributed by atoms with E-state index in [0.717, 1.165) is 42.5 Å². The van der Waals surface area contributed by atoms with Crippen molar-refractivity contribution >= 4 is 5.82 Å². The fourth-order valence-electron chi connectivity index (χ4n) is 4.79. The number of aryl methyl sites for hydroxylation is 1. The predicted octanol–water partition coefficient (Wildman–Crippen LogP) is 6.59. The highest BCUT2D eigenvalue weighted by Crippen LogP contribution is 2.25. The second-order valence-corrected chi connectivity index (χ2v) is 9.35. The van der Waals surface area contributed by atoms with Gasteiger partial charge in [0.1, 0.15) is 5.82 Å². The van der Waals surface area contributed by atoms with Gasteiger partial charge in [-0.1, -0.05) is 80.4 Å². The summed E-state index contributed by atoms with van der Waals surface area (Å²) in [5.41, 5.74) is 4.92. The summed E-state index contributed by atoms with van der Waals surface area (Å²) in [6.07, 6.45) is 8.51. The third-order valence-electron chi connectivity index (χ3n) is 6.78. The molecule has 1 aliphatic heterocycles. The van der Waals surface area contributed by atoms with Crippen LogP contribution in [0.1, 0.15) is 56.6 Å². The molecule has 174 valence electrons. The number of piperidine rings is 1. The minimum absolute atomic E-state index is 0.796. The fraction of sp³-hybridized carbons (Fsp3) is 0.448. The maximum absolute atomic E-state index is 4.62. The number of anilines is 1. The van der Waals surface area contributed by atoms with Crippen LogP contribution in [0.5, 0.6) is 0 Å². The van der Waals surface area contributed by atoms with E-state index in [1.165, 1.54) is 62.7 Å². The van der Waals surface area contributed by atoms with Crippen molar-refractivity contribution in [1.82, 2.24) is 15.1 Å². The Kier molecular flexibility index (Phi) is 8.88. The molecule has 0 atom stereocenters. The molecular formula is C29H38N4. The molecule has 33 heavy (non-hydrogen) atoms. The van der Waals surface area contributed by atoms with Gasteiger partial charge >= 0.3 is 0 Å². The van der Waals surface area contributed by atoms with Crippen molar-refractivity contribution in [2.45, 2.75) is 58.4 Å². The van der Waals surface area contributed by atoms with Crippen LogP contribution in [0.4, 0.5) is 5.82 Å². The first kappa shape index (κ1) is 23.4. The lowest BCUT2D eigenvalue weighted by Gasteiger charge is -2.32. The highest BCUT2D eigenvalue weighted by Gasteiger charge is 2.19. The molecule has 0 bridgehead atoms. The lowest BCUT2D eigenvalue weighted by Crippen LogP contribution is -2.33. The Labute approximate surface area is 199 Å². The van der Waals surface area contributed by atoms with Crippen molar-refractivity contribution in [1.29, 1.82) is 0 Å². The standard InChI is InChI=1S/C29H38N4/c1-2-3-6-15-27-22-28(31-32-29(27)26-13-9-5-10-14-26)30-19-16-24-17-20-33(21-18-24)23-25-11-7-4-8-12-25/h4-5,7-14,22,24H,2-3,6,15-21,23H2,1H3,(H,30,31). The average molecular weight is 443 g/mol. The predicted molar refractivity (Wildman–Crippen MR) is 138 cm³/mol. The van der Waals surface area contributed by atoms with Gasteiger partial charge in [0.25, 0.3) is 0 Å². The van der Waals surface area contributed by atoms with Crippen LogP contribution in [0.3, 0.4) is 0 Å². The second-order valence-electron chi connectivity index (χ2n) is 9.35. The van der Waals surface area contributed by atoms with Gasteiger partial charge in [-0.25, -0.2) is 0 Å². The summed E-state index contributed by atoms with van der Waals surface area (Å²) in [5.74, 6) is 1.72. The summed E-state index contributed by atoms with van der Waals surface area (Å²) in [6.45, 7) is 6.70. The molecule has 1 N–H and O–H groups in total. The van der Waals surface area contributed by atoms with E-state index in [1.807, 2.05) is 0 Å².